The van der Waals surface area contributed by atoms with Crippen LogP contribution >= 0.6 is 0 Å². The average molecular weight is 374 g/mol. The van der Waals surface area contributed by atoms with Gasteiger partial charge in [-0.1, -0.05) is 12.1 Å². The van der Waals surface area contributed by atoms with Crippen molar-refractivity contribution in [1.29, 1.82) is 0 Å². The molecule has 0 amide bonds. The van der Waals surface area contributed by atoms with Crippen molar-refractivity contribution in [3.63, 3.8) is 0 Å². The van der Waals surface area contributed by atoms with Gasteiger partial charge in [0.1, 0.15) is 0 Å². The van der Waals surface area contributed by atoms with Crippen molar-refractivity contribution in [1.82, 2.24) is 9.97 Å². The van der Waals surface area contributed by atoms with Crippen molar-refractivity contribution < 1.29 is 27.3 Å². The number of para-hydroxylation sites is 2. The third-order valence-electron chi connectivity index (χ3n) is 3.20. The molecule has 0 spiro atoms. The Morgan fingerprint density at radius 3 is 1.52 bits per heavy atom. The van der Waals surface area contributed by atoms with E-state index in [0.29, 0.717) is 22.5 Å². The summed E-state index contributed by atoms with van der Waals surface area (Å²) in [6.07, 6.45) is 6.06. The van der Waals surface area contributed by atoms with Crippen LogP contribution in [-0.4, -0.2) is 32.6 Å². The Morgan fingerprint density at radius 1 is 0.680 bits per heavy atom. The molecule has 0 bridgehead atoms. The van der Waals surface area contributed by atoms with Crippen LogP contribution in [0.2, 0.25) is 0 Å². The minimum Gasteiger partial charge on any atom is -0.493 e. The van der Waals surface area contributed by atoms with Gasteiger partial charge in [-0.15, -0.1) is 0 Å². The van der Waals surface area contributed by atoms with E-state index in [0.717, 1.165) is 0 Å². The van der Waals surface area contributed by atoms with Crippen LogP contribution < -0.4 is 0 Å². The van der Waals surface area contributed by atoms with E-state index in [4.69, 9.17) is 0 Å². The number of aliphatic imine (C=N–C) groups is 2. The molecule has 2 heterocycles. The van der Waals surface area contributed by atoms with E-state index in [1.54, 1.807) is 36.4 Å². The number of rotatable bonds is 4. The zero-order valence-electron chi connectivity index (χ0n) is 13.0. The van der Waals surface area contributed by atoms with Gasteiger partial charge in [0.2, 0.25) is 11.8 Å². The van der Waals surface area contributed by atoms with Gasteiger partial charge >= 0.3 is 0 Å². The molecule has 7 heteroatoms. The number of benzene rings is 1. The monoisotopic (exact) mass is 374 g/mol. The number of hydrogen-bond acceptors (Lipinski definition) is 6. The number of aromatic hydroxyl groups is 2. The van der Waals surface area contributed by atoms with Crippen molar-refractivity contribution in [2.75, 3.05) is 0 Å². The summed E-state index contributed by atoms with van der Waals surface area (Å²) < 4.78 is 0. The second-order valence-electron chi connectivity index (χ2n) is 4.84. The molecule has 0 atom stereocenters. The van der Waals surface area contributed by atoms with Gasteiger partial charge in [0, 0.05) is 41.9 Å². The van der Waals surface area contributed by atoms with Crippen LogP contribution in [0.25, 0.3) is 0 Å². The summed E-state index contributed by atoms with van der Waals surface area (Å²) in [4.78, 5) is 16.3. The molecule has 1 aromatic carbocycles. The van der Waals surface area contributed by atoms with E-state index in [-0.39, 0.29) is 28.8 Å². The second kappa shape index (κ2) is 8.73. The molecule has 126 valence electrons. The summed E-state index contributed by atoms with van der Waals surface area (Å²) in [6, 6.07) is 14.2. The third kappa shape index (κ3) is 4.73. The molecule has 0 radical (unpaired) electrons. The largest absolute Gasteiger partial charge is 0.493 e. The molecule has 0 aliphatic rings. The van der Waals surface area contributed by atoms with Gasteiger partial charge in [-0.25, -0.2) is 9.97 Å². The molecule has 3 rings (SSSR count). The van der Waals surface area contributed by atoms with Gasteiger partial charge in [0.05, 0.1) is 22.5 Å². The fraction of sp³-hybridized carbons (Fsp3) is 0. The van der Waals surface area contributed by atoms with Crippen LogP contribution in [0.4, 0.5) is 11.4 Å². The van der Waals surface area contributed by atoms with Gasteiger partial charge in [0.25, 0.3) is 0 Å². The van der Waals surface area contributed by atoms with Gasteiger partial charge in [-0.3, -0.25) is 9.98 Å². The van der Waals surface area contributed by atoms with E-state index in [2.05, 4.69) is 20.0 Å². The molecule has 3 aromatic rings. The standard InChI is InChI=1S/C18H14N4O2.Fe/c23-17-13(5-3-9-19-17)11-21-15-7-1-2-8-16(15)22-12-14-6-4-10-20-18(14)24;/h1-12H,(H,19,23)(H,20,24);. The first-order valence-electron chi connectivity index (χ1n) is 7.19. The van der Waals surface area contributed by atoms with E-state index in [1.807, 2.05) is 12.1 Å². The molecule has 0 fully saturated rings. The molecule has 2 N–H and O–H groups in total. The first-order chi connectivity index (χ1) is 11.7. The summed E-state index contributed by atoms with van der Waals surface area (Å²) in [5.74, 6) is -0.162. The Balaban J connectivity index is 0.00000225. The normalized spacial score (nSPS) is 10.9. The smallest absolute Gasteiger partial charge is 0.219 e. The maximum absolute atomic E-state index is 9.67. The molecular formula is C18H14FeN4O2. The molecule has 0 saturated carbocycles. The quantitative estimate of drug-likeness (QED) is 0.541. The second-order valence-corrected chi connectivity index (χ2v) is 4.84. The minimum atomic E-state index is -0.0810. The van der Waals surface area contributed by atoms with E-state index in [9.17, 15) is 10.2 Å². The topological polar surface area (TPSA) is 91.0 Å². The summed E-state index contributed by atoms with van der Waals surface area (Å²) >= 11 is 0. The predicted molar refractivity (Wildman–Crippen MR) is 92.8 cm³/mol. The van der Waals surface area contributed by atoms with Crippen molar-refractivity contribution in [2.24, 2.45) is 9.98 Å². The van der Waals surface area contributed by atoms with E-state index >= 15 is 0 Å². The Bertz CT molecular complexity index is 838. The van der Waals surface area contributed by atoms with Gasteiger partial charge in [-0.05, 0) is 36.4 Å². The molecule has 0 aliphatic heterocycles. The first-order valence-corrected chi connectivity index (χ1v) is 7.19. The molecule has 0 saturated heterocycles. The van der Waals surface area contributed by atoms with Crippen LogP contribution in [-0.2, 0) is 17.1 Å². The van der Waals surface area contributed by atoms with Crippen LogP contribution in [0.5, 0.6) is 11.8 Å². The fourth-order valence-electron chi connectivity index (χ4n) is 1.98. The molecular weight excluding hydrogens is 360 g/mol. The third-order valence-corrected chi connectivity index (χ3v) is 3.20. The van der Waals surface area contributed by atoms with Crippen LogP contribution in [0.15, 0.2) is 70.9 Å². The van der Waals surface area contributed by atoms with Crippen molar-refractivity contribution in [3.8, 4) is 11.8 Å². The summed E-state index contributed by atoms with van der Waals surface area (Å²) in [5.41, 5.74) is 2.28. The zero-order valence-corrected chi connectivity index (χ0v) is 14.1. The summed E-state index contributed by atoms with van der Waals surface area (Å²) in [7, 11) is 0. The first kappa shape index (κ1) is 18.3. The van der Waals surface area contributed by atoms with Crippen LogP contribution in [0, 0.1) is 0 Å². The van der Waals surface area contributed by atoms with Gasteiger partial charge in [-0.2, -0.15) is 0 Å². The number of aromatic nitrogens is 2. The summed E-state index contributed by atoms with van der Waals surface area (Å²) in [6.45, 7) is 0. The molecule has 0 unspecified atom stereocenters. The van der Waals surface area contributed by atoms with Gasteiger partial charge in [0.15, 0.2) is 0 Å². The molecule has 2 aromatic heterocycles. The Morgan fingerprint density at radius 2 is 1.12 bits per heavy atom. The molecule has 0 aliphatic carbocycles. The number of pyridine rings is 2. The Labute approximate surface area is 155 Å². The van der Waals surface area contributed by atoms with Crippen molar-refractivity contribution >= 4 is 23.8 Å². The van der Waals surface area contributed by atoms with Crippen molar-refractivity contribution in [2.45, 2.75) is 0 Å². The van der Waals surface area contributed by atoms with Crippen LogP contribution in [0.3, 0.4) is 0 Å². The Hall–Kier alpha value is -3.02. The van der Waals surface area contributed by atoms with Crippen LogP contribution in [0.1, 0.15) is 11.1 Å². The number of hydrogen-bond donors (Lipinski definition) is 2. The molecule has 6 nitrogen and oxygen atoms in total. The Kier molecular flexibility index (Phi) is 6.39. The zero-order chi connectivity index (χ0) is 16.8. The molecule has 25 heavy (non-hydrogen) atoms. The van der Waals surface area contributed by atoms with E-state index < -0.39 is 0 Å². The summed E-state index contributed by atoms with van der Waals surface area (Å²) in [5, 5.41) is 19.3. The SMILES string of the molecule is Oc1ncccc1C=Nc1ccccc1N=Cc1cccnc1O.[Fe]. The predicted octanol–water partition coefficient (Wildman–Crippen LogP) is 3.39. The maximum atomic E-state index is 9.67. The fourth-order valence-corrected chi connectivity index (χ4v) is 1.98. The average Bonchev–Trinajstić information content (AvgIpc) is 2.61. The van der Waals surface area contributed by atoms with Gasteiger partial charge < -0.3 is 10.2 Å². The van der Waals surface area contributed by atoms with E-state index in [1.165, 1.54) is 24.8 Å². The number of nitrogens with zero attached hydrogens (tertiary/aromatic N) is 4. The minimum absolute atomic E-state index is 0. The van der Waals surface area contributed by atoms with Crippen molar-refractivity contribution in [3.05, 3.63) is 72.1 Å². The maximum Gasteiger partial charge on any atom is 0.219 e.